The summed E-state index contributed by atoms with van der Waals surface area (Å²) in [7, 11) is -3.61. The van der Waals surface area contributed by atoms with Gasteiger partial charge < -0.3 is 9.47 Å². The molecular weight excluding hydrogens is 493 g/mol. The van der Waals surface area contributed by atoms with Gasteiger partial charge >= 0.3 is 0 Å². The van der Waals surface area contributed by atoms with Crippen molar-refractivity contribution in [1.29, 1.82) is 0 Å². The molecule has 1 N–H and O–H groups in total. The molecule has 34 heavy (non-hydrogen) atoms. The number of ether oxygens (including phenoxy) is 2. The van der Waals surface area contributed by atoms with Crippen molar-refractivity contribution < 1.29 is 35.9 Å². The highest BCUT2D eigenvalue weighted by Crippen LogP contribution is 2.29. The summed E-state index contributed by atoms with van der Waals surface area (Å²) < 4.78 is 77.4. The lowest BCUT2D eigenvalue weighted by Crippen LogP contribution is -2.29. The molecule has 3 aromatic rings. The maximum Gasteiger partial charge on any atom is 0.271 e. The van der Waals surface area contributed by atoms with Gasteiger partial charge in [-0.1, -0.05) is 23.5 Å². The summed E-state index contributed by atoms with van der Waals surface area (Å²) in [4.78, 5) is 16.7. The molecule has 4 rings (SSSR count). The van der Waals surface area contributed by atoms with Gasteiger partial charge in [0, 0.05) is 24.8 Å². The van der Waals surface area contributed by atoms with Crippen LogP contribution in [0.5, 0.6) is 5.75 Å². The Morgan fingerprint density at radius 3 is 2.44 bits per heavy atom. The van der Waals surface area contributed by atoms with Crippen LogP contribution in [0.1, 0.15) is 24.5 Å². The molecule has 12 heteroatoms. The predicted octanol–water partition coefficient (Wildman–Crippen LogP) is 4.27. The van der Waals surface area contributed by atoms with Crippen molar-refractivity contribution in [1.82, 2.24) is 4.98 Å². The van der Waals surface area contributed by atoms with E-state index in [1.54, 1.807) is 0 Å². The van der Waals surface area contributed by atoms with Gasteiger partial charge in [0.1, 0.15) is 5.82 Å². The monoisotopic (exact) mass is 512 g/mol. The van der Waals surface area contributed by atoms with Crippen LogP contribution in [0.4, 0.5) is 18.3 Å². The summed E-state index contributed by atoms with van der Waals surface area (Å²) >= 11 is 0.583. The lowest BCUT2D eigenvalue weighted by Gasteiger charge is -2.23. The van der Waals surface area contributed by atoms with E-state index in [9.17, 15) is 26.4 Å². The Kier molecular flexibility index (Phi) is 7.19. The smallest absolute Gasteiger partial charge is 0.271 e. The molecule has 0 aliphatic carbocycles. The van der Waals surface area contributed by atoms with Gasteiger partial charge in [0.05, 0.1) is 16.3 Å². The van der Waals surface area contributed by atoms with Gasteiger partial charge in [0.25, 0.3) is 5.91 Å². The molecule has 180 valence electrons. The first-order chi connectivity index (χ1) is 16.2. The molecule has 2 aromatic carbocycles. The number of thiazole rings is 1. The minimum atomic E-state index is -3.61. The third-order valence-electron chi connectivity index (χ3n) is 5.20. The normalized spacial score (nSPS) is 15.6. The molecule has 0 saturated carbocycles. The van der Waals surface area contributed by atoms with Crippen LogP contribution in [0.15, 0.2) is 53.6 Å². The van der Waals surface area contributed by atoms with Gasteiger partial charge in [-0.05, 0) is 37.1 Å². The number of anilines is 1. The molecule has 1 amide bonds. The van der Waals surface area contributed by atoms with Crippen molar-refractivity contribution in [2.24, 2.45) is 0 Å². The van der Waals surface area contributed by atoms with Gasteiger partial charge in [-0.2, -0.15) is 4.39 Å². The van der Waals surface area contributed by atoms with Crippen molar-refractivity contribution >= 4 is 32.2 Å². The predicted molar refractivity (Wildman–Crippen MR) is 118 cm³/mol. The van der Waals surface area contributed by atoms with E-state index in [0.29, 0.717) is 43.5 Å². The molecule has 1 aromatic heterocycles. The van der Waals surface area contributed by atoms with Crippen LogP contribution < -0.4 is 10.1 Å². The van der Waals surface area contributed by atoms with E-state index in [0.717, 1.165) is 18.3 Å². The Balaban J connectivity index is 1.62. The van der Waals surface area contributed by atoms with Crippen molar-refractivity contribution in [2.45, 2.75) is 29.1 Å². The van der Waals surface area contributed by atoms with Crippen molar-refractivity contribution in [3.8, 4) is 5.75 Å². The van der Waals surface area contributed by atoms with Gasteiger partial charge in [-0.25, -0.2) is 22.2 Å². The quantitative estimate of drug-likeness (QED) is 0.508. The number of amides is 1. The zero-order chi connectivity index (χ0) is 24.3. The molecule has 1 aliphatic heterocycles. The molecule has 1 aliphatic rings. The number of hydrogen-bond donors (Lipinski definition) is 1. The van der Waals surface area contributed by atoms with Crippen LogP contribution in [-0.2, 0) is 19.4 Å². The van der Waals surface area contributed by atoms with E-state index >= 15 is 0 Å². The molecule has 0 radical (unpaired) electrons. The number of carbonyl (C=O) groups is 1. The number of carbonyl (C=O) groups excluding carboxylic acids is 1. The summed E-state index contributed by atoms with van der Waals surface area (Å²) in [6, 6.07) is 8.03. The second-order valence-corrected chi connectivity index (χ2v) is 10.7. The van der Waals surface area contributed by atoms with Crippen molar-refractivity contribution in [3.63, 3.8) is 0 Å². The fraction of sp³-hybridized carbons (Fsp3) is 0.273. The second kappa shape index (κ2) is 10.1. The number of nitrogens with one attached hydrogen (secondary N) is 1. The molecule has 7 nitrogen and oxygen atoms in total. The van der Waals surface area contributed by atoms with Crippen LogP contribution in [0.2, 0.25) is 0 Å². The molecule has 1 fully saturated rings. The number of rotatable bonds is 7. The number of halogens is 3. The van der Waals surface area contributed by atoms with Gasteiger partial charge in [0.15, 0.2) is 31.7 Å². The highest BCUT2D eigenvalue weighted by Gasteiger charge is 2.30. The molecule has 0 bridgehead atoms. The standard InChI is InChI=1S/C22H19F3N2O5S2/c23-14-3-6-18(17(24)11-14)32-20(21(28)27-22-26-12-19(25)33-22)13-1-4-15(5-2-13)34(29,30)16-7-9-31-10-8-16/h1-6,11-12,16,20H,7-10H2,(H,26,27,28). The zero-order valence-electron chi connectivity index (χ0n) is 17.5. The highest BCUT2D eigenvalue weighted by atomic mass is 32.2. The zero-order valence-corrected chi connectivity index (χ0v) is 19.2. The maximum absolute atomic E-state index is 14.2. The first kappa shape index (κ1) is 24.2. The summed E-state index contributed by atoms with van der Waals surface area (Å²) in [5, 5.41) is 1.14. The Labute approximate surface area is 197 Å². The van der Waals surface area contributed by atoms with E-state index < -0.39 is 49.6 Å². The van der Waals surface area contributed by atoms with E-state index in [4.69, 9.17) is 9.47 Å². The van der Waals surface area contributed by atoms with Crippen LogP contribution in [-0.4, -0.2) is 37.8 Å². The Hall–Kier alpha value is -2.96. The molecule has 0 spiro atoms. The number of benzene rings is 2. The molecule has 1 atom stereocenters. The topological polar surface area (TPSA) is 94.6 Å². The Morgan fingerprint density at radius 1 is 1.12 bits per heavy atom. The molecule has 2 heterocycles. The third kappa shape index (κ3) is 5.40. The SMILES string of the molecule is O=C(Nc1ncc(F)s1)C(Oc1ccc(F)cc1F)c1ccc(S(=O)(=O)C2CCOCC2)cc1. The van der Waals surface area contributed by atoms with Gasteiger partial charge in [-0.3, -0.25) is 10.1 Å². The van der Waals surface area contributed by atoms with Crippen LogP contribution >= 0.6 is 11.3 Å². The van der Waals surface area contributed by atoms with Crippen LogP contribution in [0, 0.1) is 16.8 Å². The fourth-order valence-electron chi connectivity index (χ4n) is 3.46. The second-order valence-electron chi connectivity index (χ2n) is 7.46. The first-order valence-electron chi connectivity index (χ1n) is 10.2. The van der Waals surface area contributed by atoms with E-state index in [2.05, 4.69) is 10.3 Å². The average Bonchev–Trinajstić information content (AvgIpc) is 3.23. The van der Waals surface area contributed by atoms with Crippen molar-refractivity contribution in [3.05, 3.63) is 71.0 Å². The van der Waals surface area contributed by atoms with Crippen molar-refractivity contribution in [2.75, 3.05) is 18.5 Å². The maximum atomic E-state index is 14.2. The van der Waals surface area contributed by atoms with Crippen LogP contribution in [0.25, 0.3) is 0 Å². The Morgan fingerprint density at radius 2 is 1.82 bits per heavy atom. The molecule has 1 saturated heterocycles. The Bertz CT molecular complexity index is 1280. The van der Waals surface area contributed by atoms with E-state index in [1.165, 1.54) is 24.3 Å². The molecule has 1 unspecified atom stereocenters. The van der Waals surface area contributed by atoms with E-state index in [1.807, 2.05) is 0 Å². The lowest BCUT2D eigenvalue weighted by atomic mass is 10.1. The third-order valence-corrected chi connectivity index (χ3v) is 8.18. The number of hydrogen-bond acceptors (Lipinski definition) is 7. The minimum Gasteiger partial charge on any atom is -0.473 e. The summed E-state index contributed by atoms with van der Waals surface area (Å²) in [5.41, 5.74) is 0.198. The summed E-state index contributed by atoms with van der Waals surface area (Å²) in [5.74, 6) is -3.06. The van der Waals surface area contributed by atoms with Gasteiger partial charge in [0.2, 0.25) is 6.10 Å². The van der Waals surface area contributed by atoms with E-state index in [-0.39, 0.29) is 15.6 Å². The average molecular weight is 513 g/mol. The fourth-order valence-corrected chi connectivity index (χ4v) is 5.73. The number of aromatic nitrogens is 1. The largest absolute Gasteiger partial charge is 0.473 e. The van der Waals surface area contributed by atoms with Gasteiger partial charge in [-0.15, -0.1) is 0 Å². The highest BCUT2D eigenvalue weighted by molar-refractivity contribution is 7.92. The molecular formula is C22H19F3N2O5S2. The van der Waals surface area contributed by atoms with Crippen LogP contribution in [0.3, 0.4) is 0 Å². The number of sulfone groups is 1. The first-order valence-corrected chi connectivity index (χ1v) is 12.6. The lowest BCUT2D eigenvalue weighted by molar-refractivity contribution is -0.123. The number of nitrogens with zero attached hydrogens (tertiary/aromatic N) is 1. The minimum absolute atomic E-state index is 0.0469. The summed E-state index contributed by atoms with van der Waals surface area (Å²) in [6.07, 6.45) is 0.219. The summed E-state index contributed by atoms with van der Waals surface area (Å²) in [6.45, 7) is 0.720.